The van der Waals surface area contributed by atoms with Crippen LogP contribution in [0.3, 0.4) is 0 Å². The fourth-order valence-electron chi connectivity index (χ4n) is 1.57. The van der Waals surface area contributed by atoms with Gasteiger partial charge in [0.1, 0.15) is 4.90 Å². The second-order valence-electron chi connectivity index (χ2n) is 3.93. The number of aromatic nitrogens is 1. The fraction of sp³-hybridized carbons (Fsp3) is 0.0833. The molecular formula is C12H11Cl2N3O2S. The molecule has 0 radical (unpaired) electrons. The molecule has 2 rings (SSSR count). The maximum Gasteiger partial charge on any atom is 0.263 e. The van der Waals surface area contributed by atoms with Gasteiger partial charge in [-0.2, -0.15) is 0 Å². The van der Waals surface area contributed by atoms with E-state index in [9.17, 15) is 8.42 Å². The molecule has 0 fully saturated rings. The predicted molar refractivity (Wildman–Crippen MR) is 79.4 cm³/mol. The van der Waals surface area contributed by atoms with Crippen LogP contribution in [-0.2, 0) is 16.6 Å². The summed E-state index contributed by atoms with van der Waals surface area (Å²) in [5.41, 5.74) is 6.36. The van der Waals surface area contributed by atoms with Gasteiger partial charge in [0.2, 0.25) is 0 Å². The highest BCUT2D eigenvalue weighted by molar-refractivity contribution is 7.92. The number of hydrogen-bond donors (Lipinski definition) is 2. The summed E-state index contributed by atoms with van der Waals surface area (Å²) in [6, 6.07) is 5.93. The van der Waals surface area contributed by atoms with Crippen LogP contribution in [0.4, 0.5) is 5.69 Å². The number of rotatable bonds is 4. The first-order chi connectivity index (χ1) is 9.44. The van der Waals surface area contributed by atoms with Crippen LogP contribution in [0, 0.1) is 0 Å². The van der Waals surface area contributed by atoms with Crippen LogP contribution >= 0.6 is 23.2 Å². The maximum atomic E-state index is 12.3. The van der Waals surface area contributed by atoms with E-state index in [0.717, 1.165) is 0 Å². The number of hydrogen-bond acceptors (Lipinski definition) is 4. The Morgan fingerprint density at radius 2 is 2.00 bits per heavy atom. The van der Waals surface area contributed by atoms with Crippen molar-refractivity contribution in [2.24, 2.45) is 5.73 Å². The summed E-state index contributed by atoms with van der Waals surface area (Å²) in [5.74, 6) is 0. The van der Waals surface area contributed by atoms with Gasteiger partial charge < -0.3 is 5.73 Å². The predicted octanol–water partition coefficient (Wildman–Crippen LogP) is 2.65. The molecule has 0 bridgehead atoms. The van der Waals surface area contributed by atoms with Gasteiger partial charge in [0.15, 0.2) is 0 Å². The zero-order valence-corrected chi connectivity index (χ0v) is 12.5. The monoisotopic (exact) mass is 331 g/mol. The molecule has 0 amide bonds. The van der Waals surface area contributed by atoms with Gasteiger partial charge in [-0.25, -0.2) is 8.42 Å². The second-order valence-corrected chi connectivity index (χ2v) is 6.39. The molecule has 0 unspecified atom stereocenters. The largest absolute Gasteiger partial charge is 0.326 e. The molecule has 8 heteroatoms. The SMILES string of the molecule is NCc1cc(S(=O)(=O)Nc2cccnc2)c(Cl)cc1Cl. The molecule has 1 heterocycles. The normalized spacial score (nSPS) is 11.3. The first-order valence-corrected chi connectivity index (χ1v) is 7.79. The zero-order chi connectivity index (χ0) is 14.8. The number of halogens is 2. The molecule has 0 aliphatic rings. The molecular weight excluding hydrogens is 321 g/mol. The lowest BCUT2D eigenvalue weighted by Crippen LogP contribution is -2.14. The third-order valence-electron chi connectivity index (χ3n) is 2.52. The standard InChI is InChI=1S/C12H11Cl2N3O2S/c13-10-5-11(14)12(4-8(10)6-15)20(18,19)17-9-2-1-3-16-7-9/h1-5,7,17H,6,15H2. The van der Waals surface area contributed by atoms with Crippen molar-refractivity contribution in [3.63, 3.8) is 0 Å². The lowest BCUT2D eigenvalue weighted by molar-refractivity contribution is 0.601. The minimum absolute atomic E-state index is 0.0311. The molecule has 1 aromatic carbocycles. The number of nitrogens with zero attached hydrogens (tertiary/aromatic N) is 1. The van der Waals surface area contributed by atoms with Crippen LogP contribution in [0.15, 0.2) is 41.6 Å². The van der Waals surface area contributed by atoms with E-state index < -0.39 is 10.0 Å². The van der Waals surface area contributed by atoms with Gasteiger partial charge in [-0.3, -0.25) is 9.71 Å². The van der Waals surface area contributed by atoms with Crippen molar-refractivity contribution >= 4 is 38.9 Å². The number of nitrogens with one attached hydrogen (secondary N) is 1. The molecule has 3 N–H and O–H groups in total. The molecule has 0 aliphatic heterocycles. The molecule has 0 saturated carbocycles. The second kappa shape index (κ2) is 5.97. The average molecular weight is 332 g/mol. The van der Waals surface area contributed by atoms with Crippen molar-refractivity contribution in [2.45, 2.75) is 11.4 Å². The Morgan fingerprint density at radius 1 is 1.25 bits per heavy atom. The highest BCUT2D eigenvalue weighted by Gasteiger charge is 2.20. The minimum Gasteiger partial charge on any atom is -0.326 e. The number of sulfonamides is 1. The minimum atomic E-state index is -3.83. The first-order valence-electron chi connectivity index (χ1n) is 5.55. The molecule has 20 heavy (non-hydrogen) atoms. The quantitative estimate of drug-likeness (QED) is 0.901. The molecule has 0 aliphatic carbocycles. The van der Waals surface area contributed by atoms with Crippen molar-refractivity contribution < 1.29 is 8.42 Å². The fourth-order valence-corrected chi connectivity index (χ4v) is 3.49. The van der Waals surface area contributed by atoms with Crippen molar-refractivity contribution in [3.05, 3.63) is 52.3 Å². The van der Waals surface area contributed by atoms with Crippen LogP contribution in [-0.4, -0.2) is 13.4 Å². The summed E-state index contributed by atoms with van der Waals surface area (Å²) in [6.45, 7) is 0.116. The van der Waals surface area contributed by atoms with Gasteiger partial charge in [-0.15, -0.1) is 0 Å². The Morgan fingerprint density at radius 3 is 2.60 bits per heavy atom. The lowest BCUT2D eigenvalue weighted by atomic mass is 10.2. The Labute approximate surface area is 126 Å². The summed E-state index contributed by atoms with van der Waals surface area (Å²) in [7, 11) is -3.83. The summed E-state index contributed by atoms with van der Waals surface area (Å²) < 4.78 is 27.0. The molecule has 5 nitrogen and oxygen atoms in total. The van der Waals surface area contributed by atoms with Crippen molar-refractivity contribution in [2.75, 3.05) is 4.72 Å². The summed E-state index contributed by atoms with van der Waals surface area (Å²) in [6.07, 6.45) is 2.94. The average Bonchev–Trinajstić information content (AvgIpc) is 2.39. The van der Waals surface area contributed by atoms with E-state index in [1.54, 1.807) is 18.3 Å². The van der Waals surface area contributed by atoms with Crippen molar-refractivity contribution in [1.29, 1.82) is 0 Å². The number of anilines is 1. The zero-order valence-electron chi connectivity index (χ0n) is 10.2. The number of benzene rings is 1. The van der Waals surface area contributed by atoms with Gasteiger partial charge in [0.05, 0.1) is 16.9 Å². The van der Waals surface area contributed by atoms with Crippen molar-refractivity contribution in [3.8, 4) is 0 Å². The molecule has 0 saturated heterocycles. The van der Waals surface area contributed by atoms with E-state index in [2.05, 4.69) is 9.71 Å². The molecule has 0 atom stereocenters. The Balaban J connectivity index is 2.44. The smallest absolute Gasteiger partial charge is 0.263 e. The summed E-state index contributed by atoms with van der Waals surface area (Å²) in [4.78, 5) is 3.76. The van der Waals surface area contributed by atoms with Crippen LogP contribution < -0.4 is 10.5 Å². The van der Waals surface area contributed by atoms with Crippen LogP contribution in [0.25, 0.3) is 0 Å². The van der Waals surface area contributed by atoms with Crippen LogP contribution in [0.5, 0.6) is 0 Å². The van der Waals surface area contributed by atoms with Crippen LogP contribution in [0.2, 0.25) is 10.0 Å². The summed E-state index contributed by atoms with van der Waals surface area (Å²) >= 11 is 11.9. The lowest BCUT2D eigenvalue weighted by Gasteiger charge is -2.11. The van der Waals surface area contributed by atoms with E-state index in [0.29, 0.717) is 16.3 Å². The van der Waals surface area contributed by atoms with Gasteiger partial charge in [-0.05, 0) is 29.8 Å². The van der Waals surface area contributed by atoms with Gasteiger partial charge in [-0.1, -0.05) is 23.2 Å². The van der Waals surface area contributed by atoms with Gasteiger partial charge in [0.25, 0.3) is 10.0 Å². The Hall–Kier alpha value is -1.34. The molecule has 1 aromatic heterocycles. The van der Waals surface area contributed by atoms with Gasteiger partial charge in [0, 0.05) is 17.8 Å². The highest BCUT2D eigenvalue weighted by atomic mass is 35.5. The van der Waals surface area contributed by atoms with Crippen molar-refractivity contribution in [1.82, 2.24) is 4.98 Å². The third kappa shape index (κ3) is 3.21. The molecule has 0 spiro atoms. The molecule has 106 valence electrons. The summed E-state index contributed by atoms with van der Waals surface area (Å²) in [5, 5.41) is 0.362. The van der Waals surface area contributed by atoms with E-state index in [4.69, 9.17) is 28.9 Å². The van der Waals surface area contributed by atoms with E-state index in [-0.39, 0.29) is 16.5 Å². The maximum absolute atomic E-state index is 12.3. The topological polar surface area (TPSA) is 85.1 Å². The van der Waals surface area contributed by atoms with E-state index in [1.165, 1.54) is 18.3 Å². The Bertz CT molecular complexity index is 721. The highest BCUT2D eigenvalue weighted by Crippen LogP contribution is 2.29. The van der Waals surface area contributed by atoms with Crippen LogP contribution in [0.1, 0.15) is 5.56 Å². The Kier molecular flexibility index (Phi) is 4.49. The number of nitrogens with two attached hydrogens (primary N) is 1. The molecule has 2 aromatic rings. The first kappa shape index (κ1) is 15.1. The number of pyridine rings is 1. The third-order valence-corrected chi connectivity index (χ3v) is 4.72. The van der Waals surface area contributed by atoms with E-state index in [1.807, 2.05) is 0 Å². The van der Waals surface area contributed by atoms with E-state index >= 15 is 0 Å². The van der Waals surface area contributed by atoms with Gasteiger partial charge >= 0.3 is 0 Å².